The third-order valence-electron chi connectivity index (χ3n) is 4.25. The van der Waals surface area contributed by atoms with Gasteiger partial charge in [0.2, 0.25) is 5.91 Å². The van der Waals surface area contributed by atoms with Gasteiger partial charge in [-0.05, 0) is 24.0 Å². The molecule has 2 aromatic carbocycles. The smallest absolute Gasteiger partial charge is 0.231 e. The van der Waals surface area contributed by atoms with Crippen molar-refractivity contribution in [3.8, 4) is 0 Å². The third-order valence-corrected chi connectivity index (χ3v) is 4.25. The van der Waals surface area contributed by atoms with Crippen molar-refractivity contribution < 1.29 is 4.79 Å². The van der Waals surface area contributed by atoms with E-state index in [1.165, 1.54) is 0 Å². The van der Waals surface area contributed by atoms with E-state index in [9.17, 15) is 4.79 Å². The summed E-state index contributed by atoms with van der Waals surface area (Å²) in [5.74, 6) is 0.0907. The monoisotopic (exact) mass is 280 g/mol. The van der Waals surface area contributed by atoms with Gasteiger partial charge in [0, 0.05) is 6.54 Å². The largest absolute Gasteiger partial charge is 0.347 e. The second-order valence-electron chi connectivity index (χ2n) is 5.62. The molecule has 1 fully saturated rings. The normalized spacial score (nSPS) is 17.0. The average Bonchev–Trinajstić information content (AvgIpc) is 3.36. The number of nitrogens with one attached hydrogen (secondary N) is 1. The molecule has 1 saturated carbocycles. The summed E-state index contributed by atoms with van der Waals surface area (Å²) in [5, 5.41) is 3.12. The number of amides is 1. The standard InChI is InChI=1S/C18H20N2O/c19-13-16(14-7-3-1-4-8-14)20-17(21)18(11-12-18)15-9-5-2-6-10-15/h1-10,16H,11-13,19H2,(H,20,21). The number of hydrogen-bond donors (Lipinski definition) is 2. The van der Waals surface area contributed by atoms with Crippen LogP contribution in [0.15, 0.2) is 60.7 Å². The van der Waals surface area contributed by atoms with Crippen molar-refractivity contribution in [2.24, 2.45) is 5.73 Å². The first kappa shape index (κ1) is 13.8. The summed E-state index contributed by atoms with van der Waals surface area (Å²) in [6.45, 7) is 0.403. The number of hydrogen-bond acceptors (Lipinski definition) is 2. The van der Waals surface area contributed by atoms with Gasteiger partial charge in [-0.1, -0.05) is 60.7 Å². The van der Waals surface area contributed by atoms with Crippen LogP contribution in [-0.4, -0.2) is 12.5 Å². The first-order chi connectivity index (χ1) is 10.3. The van der Waals surface area contributed by atoms with Gasteiger partial charge in [-0.25, -0.2) is 0 Å². The molecule has 1 aliphatic rings. The molecule has 0 saturated heterocycles. The molecule has 108 valence electrons. The van der Waals surface area contributed by atoms with Gasteiger partial charge < -0.3 is 11.1 Å². The summed E-state index contributed by atoms with van der Waals surface area (Å²) in [5.41, 5.74) is 7.65. The lowest BCUT2D eigenvalue weighted by Crippen LogP contribution is -2.40. The Morgan fingerprint density at radius 2 is 1.62 bits per heavy atom. The van der Waals surface area contributed by atoms with E-state index in [2.05, 4.69) is 5.32 Å². The van der Waals surface area contributed by atoms with E-state index in [0.717, 1.165) is 24.0 Å². The van der Waals surface area contributed by atoms with Crippen LogP contribution in [0.25, 0.3) is 0 Å². The number of rotatable bonds is 5. The van der Waals surface area contributed by atoms with Crippen LogP contribution in [0.1, 0.15) is 30.0 Å². The first-order valence-corrected chi connectivity index (χ1v) is 7.38. The molecule has 1 amide bonds. The van der Waals surface area contributed by atoms with Gasteiger partial charge in [0.1, 0.15) is 0 Å². The second kappa shape index (κ2) is 5.70. The molecule has 0 radical (unpaired) electrons. The van der Waals surface area contributed by atoms with Crippen molar-refractivity contribution in [3.63, 3.8) is 0 Å². The predicted octanol–water partition coefficient (Wildman–Crippen LogP) is 2.53. The Bertz CT molecular complexity index is 606. The van der Waals surface area contributed by atoms with Gasteiger partial charge in [0.25, 0.3) is 0 Å². The number of carbonyl (C=O) groups excluding carboxylic acids is 1. The van der Waals surface area contributed by atoms with Gasteiger partial charge in [-0.15, -0.1) is 0 Å². The van der Waals surface area contributed by atoms with Crippen LogP contribution in [0, 0.1) is 0 Å². The van der Waals surface area contributed by atoms with Crippen molar-refractivity contribution in [2.45, 2.75) is 24.3 Å². The fourth-order valence-corrected chi connectivity index (χ4v) is 2.79. The molecule has 0 spiro atoms. The van der Waals surface area contributed by atoms with Crippen molar-refractivity contribution in [1.29, 1.82) is 0 Å². The maximum atomic E-state index is 12.7. The molecule has 1 aliphatic carbocycles. The molecule has 3 N–H and O–H groups in total. The molecule has 21 heavy (non-hydrogen) atoms. The summed E-state index contributed by atoms with van der Waals surface area (Å²) in [6.07, 6.45) is 1.82. The number of nitrogens with two attached hydrogens (primary N) is 1. The highest BCUT2D eigenvalue weighted by Gasteiger charge is 2.51. The minimum absolute atomic E-state index is 0.0907. The van der Waals surface area contributed by atoms with Crippen LogP contribution in [0.4, 0.5) is 0 Å². The van der Waals surface area contributed by atoms with Gasteiger partial charge >= 0.3 is 0 Å². The van der Waals surface area contributed by atoms with Crippen molar-refractivity contribution in [3.05, 3.63) is 71.8 Å². The summed E-state index contributed by atoms with van der Waals surface area (Å²) in [4.78, 5) is 12.7. The highest BCUT2D eigenvalue weighted by atomic mass is 16.2. The van der Waals surface area contributed by atoms with Crippen LogP contribution in [0.2, 0.25) is 0 Å². The minimum Gasteiger partial charge on any atom is -0.347 e. The molecule has 3 heteroatoms. The second-order valence-corrected chi connectivity index (χ2v) is 5.62. The van der Waals surface area contributed by atoms with Gasteiger partial charge in [-0.3, -0.25) is 4.79 Å². The van der Waals surface area contributed by atoms with Gasteiger partial charge in [-0.2, -0.15) is 0 Å². The quantitative estimate of drug-likeness (QED) is 0.884. The number of carbonyl (C=O) groups is 1. The minimum atomic E-state index is -0.344. The van der Waals surface area contributed by atoms with E-state index < -0.39 is 0 Å². The van der Waals surface area contributed by atoms with Crippen LogP contribution >= 0.6 is 0 Å². The summed E-state index contributed by atoms with van der Waals surface area (Å²) >= 11 is 0. The lowest BCUT2D eigenvalue weighted by molar-refractivity contribution is -0.124. The molecule has 0 aromatic heterocycles. The molecule has 3 rings (SSSR count). The molecule has 2 aromatic rings. The molecule has 0 heterocycles. The van der Waals surface area contributed by atoms with Crippen LogP contribution in [0.5, 0.6) is 0 Å². The van der Waals surface area contributed by atoms with Gasteiger partial charge in [0.05, 0.1) is 11.5 Å². The SMILES string of the molecule is NCC(NC(=O)C1(c2ccccc2)CC1)c1ccccc1. The van der Waals surface area contributed by atoms with Crippen molar-refractivity contribution >= 4 is 5.91 Å². The molecular weight excluding hydrogens is 260 g/mol. The molecule has 0 aliphatic heterocycles. The summed E-state index contributed by atoms with van der Waals surface area (Å²) < 4.78 is 0. The zero-order valence-electron chi connectivity index (χ0n) is 12.0. The Morgan fingerprint density at radius 3 is 2.14 bits per heavy atom. The highest BCUT2D eigenvalue weighted by molar-refractivity contribution is 5.91. The van der Waals surface area contributed by atoms with E-state index >= 15 is 0 Å². The zero-order chi connectivity index (χ0) is 14.7. The zero-order valence-corrected chi connectivity index (χ0v) is 12.0. The maximum absolute atomic E-state index is 12.7. The molecular formula is C18H20N2O. The number of benzene rings is 2. The first-order valence-electron chi connectivity index (χ1n) is 7.38. The molecule has 0 bridgehead atoms. The lowest BCUT2D eigenvalue weighted by Gasteiger charge is -2.22. The van der Waals surface area contributed by atoms with E-state index in [4.69, 9.17) is 5.73 Å². The molecule has 1 atom stereocenters. The fourth-order valence-electron chi connectivity index (χ4n) is 2.79. The van der Waals surface area contributed by atoms with E-state index in [-0.39, 0.29) is 17.4 Å². The molecule has 3 nitrogen and oxygen atoms in total. The van der Waals surface area contributed by atoms with Crippen molar-refractivity contribution in [2.75, 3.05) is 6.54 Å². The Morgan fingerprint density at radius 1 is 1.05 bits per heavy atom. The summed E-state index contributed by atoms with van der Waals surface area (Å²) in [7, 11) is 0. The van der Waals surface area contributed by atoms with Crippen LogP contribution in [-0.2, 0) is 10.2 Å². The van der Waals surface area contributed by atoms with E-state index in [1.807, 2.05) is 60.7 Å². The average molecular weight is 280 g/mol. The van der Waals surface area contributed by atoms with Crippen molar-refractivity contribution in [1.82, 2.24) is 5.32 Å². The topological polar surface area (TPSA) is 55.1 Å². The maximum Gasteiger partial charge on any atom is 0.231 e. The van der Waals surface area contributed by atoms with Crippen LogP contribution < -0.4 is 11.1 Å². The Balaban J connectivity index is 1.77. The Hall–Kier alpha value is -2.13. The Kier molecular flexibility index (Phi) is 3.76. The predicted molar refractivity (Wildman–Crippen MR) is 83.7 cm³/mol. The molecule has 1 unspecified atom stereocenters. The van der Waals surface area contributed by atoms with E-state index in [0.29, 0.717) is 6.54 Å². The Labute approximate surface area is 125 Å². The third kappa shape index (κ3) is 2.69. The van der Waals surface area contributed by atoms with Gasteiger partial charge in [0.15, 0.2) is 0 Å². The summed E-state index contributed by atoms with van der Waals surface area (Å²) in [6, 6.07) is 19.8. The fraction of sp³-hybridized carbons (Fsp3) is 0.278. The lowest BCUT2D eigenvalue weighted by atomic mass is 9.94. The van der Waals surface area contributed by atoms with E-state index in [1.54, 1.807) is 0 Å². The highest BCUT2D eigenvalue weighted by Crippen LogP contribution is 2.48. The van der Waals surface area contributed by atoms with Crippen LogP contribution in [0.3, 0.4) is 0 Å².